The minimum atomic E-state index is -6.23. The van der Waals surface area contributed by atoms with Gasteiger partial charge in [-0.25, -0.2) is 21.6 Å². The molecule has 260 valence electrons. The highest BCUT2D eigenvalue weighted by molar-refractivity contribution is 7.92. The molecule has 0 unspecified atom stereocenters. The second kappa shape index (κ2) is 13.1. The van der Waals surface area contributed by atoms with Gasteiger partial charge in [-0.05, 0) is 73.4 Å². The third kappa shape index (κ3) is 6.50. The molecule has 1 heterocycles. The minimum absolute atomic E-state index is 0.0502. The molecular formula is C33H25F9N2O4S. The van der Waals surface area contributed by atoms with Gasteiger partial charge in [-0.15, -0.1) is 0 Å². The quantitative estimate of drug-likeness (QED) is 0.140. The molecule has 1 aliphatic rings. The SMILES string of the molecule is O=C(Nc1ccncc1)[C@@H]1CC[C@](c2ccc(C(OCc3c(F)cccc3F)(C(F)(F)F)C(F)(F)F)cc2)(S(=O)(=O)c2ccc(F)cc2)C1. The largest absolute Gasteiger partial charge is 0.430 e. The number of halogens is 9. The Kier molecular flexibility index (Phi) is 9.60. The standard InChI is InChI=1S/C33H25F9N2O4S/c34-23-8-10-25(11-9-23)49(46,47)30(15-12-20(18-30)29(45)44-24-13-16-43-17-14-24)21-4-6-22(7-5-21)31(32(37,38)39,33(40,41)42)48-19-26-27(35)2-1-3-28(26)36/h1-11,13-14,16-17,20H,12,15,18-19H2,(H,43,44,45)/t20-,30+/m1/s1. The fraction of sp³-hybridized carbons (Fsp3) is 0.273. The number of amides is 1. The maximum absolute atomic E-state index is 14.5. The molecule has 1 aliphatic carbocycles. The lowest BCUT2D eigenvalue weighted by Crippen LogP contribution is -2.56. The van der Waals surface area contributed by atoms with E-state index in [1.165, 1.54) is 24.5 Å². The van der Waals surface area contributed by atoms with Crippen LogP contribution in [0.3, 0.4) is 0 Å². The second-order valence-corrected chi connectivity index (χ2v) is 13.6. The van der Waals surface area contributed by atoms with Gasteiger partial charge in [-0.2, -0.15) is 26.3 Å². The average molecular weight is 717 g/mol. The van der Waals surface area contributed by atoms with E-state index in [2.05, 4.69) is 15.0 Å². The van der Waals surface area contributed by atoms with Gasteiger partial charge in [0.25, 0.3) is 5.60 Å². The zero-order valence-corrected chi connectivity index (χ0v) is 25.8. The van der Waals surface area contributed by atoms with Crippen LogP contribution in [0.15, 0.2) is 96.2 Å². The molecule has 6 nitrogen and oxygen atoms in total. The lowest BCUT2D eigenvalue weighted by molar-refractivity contribution is -0.392. The second-order valence-electron chi connectivity index (χ2n) is 11.4. The highest BCUT2D eigenvalue weighted by Crippen LogP contribution is 2.55. The van der Waals surface area contributed by atoms with Gasteiger partial charge in [-0.1, -0.05) is 30.3 Å². The minimum Gasteiger partial charge on any atom is -0.349 e. The van der Waals surface area contributed by atoms with Crippen LogP contribution in [0.25, 0.3) is 0 Å². The molecule has 0 spiro atoms. The molecule has 1 amide bonds. The van der Waals surface area contributed by atoms with Gasteiger partial charge in [0.05, 0.1) is 11.5 Å². The number of nitrogens with zero attached hydrogens (tertiary/aromatic N) is 1. The summed E-state index contributed by atoms with van der Waals surface area (Å²) < 4.78 is 160. The summed E-state index contributed by atoms with van der Waals surface area (Å²) in [7, 11) is -4.59. The van der Waals surface area contributed by atoms with E-state index in [-0.39, 0.29) is 18.4 Å². The number of carbonyl (C=O) groups is 1. The van der Waals surface area contributed by atoms with E-state index in [0.29, 0.717) is 30.0 Å². The molecule has 2 atom stereocenters. The van der Waals surface area contributed by atoms with Crippen LogP contribution in [0.1, 0.15) is 36.0 Å². The smallest absolute Gasteiger partial charge is 0.349 e. The number of carbonyl (C=O) groups excluding carboxylic acids is 1. The Hall–Kier alpha value is -4.44. The first kappa shape index (κ1) is 35.9. The van der Waals surface area contributed by atoms with Crippen LogP contribution in [0.5, 0.6) is 0 Å². The van der Waals surface area contributed by atoms with Crippen molar-refractivity contribution in [1.29, 1.82) is 0 Å². The molecule has 1 saturated carbocycles. The summed E-state index contributed by atoms with van der Waals surface area (Å²) in [5.41, 5.74) is -7.73. The topological polar surface area (TPSA) is 85.4 Å². The van der Waals surface area contributed by atoms with E-state index in [1.807, 2.05) is 0 Å². The first-order valence-electron chi connectivity index (χ1n) is 14.5. The molecule has 1 fully saturated rings. The van der Waals surface area contributed by atoms with Crippen molar-refractivity contribution in [2.24, 2.45) is 5.92 Å². The highest BCUT2D eigenvalue weighted by atomic mass is 32.2. The molecule has 3 aromatic carbocycles. The number of hydrogen-bond donors (Lipinski definition) is 1. The van der Waals surface area contributed by atoms with Gasteiger partial charge in [0.1, 0.15) is 22.2 Å². The van der Waals surface area contributed by atoms with E-state index >= 15 is 0 Å². The third-order valence-electron chi connectivity index (χ3n) is 8.54. The predicted molar refractivity (Wildman–Crippen MR) is 157 cm³/mol. The molecule has 16 heteroatoms. The number of hydrogen-bond acceptors (Lipinski definition) is 5. The number of rotatable bonds is 9. The van der Waals surface area contributed by atoms with Crippen molar-refractivity contribution in [1.82, 2.24) is 4.98 Å². The van der Waals surface area contributed by atoms with Crippen molar-refractivity contribution in [2.75, 3.05) is 5.32 Å². The predicted octanol–water partition coefficient (Wildman–Crippen LogP) is 8.14. The Bertz CT molecular complexity index is 1880. The molecule has 5 rings (SSSR count). The van der Waals surface area contributed by atoms with Crippen molar-refractivity contribution in [3.63, 3.8) is 0 Å². The van der Waals surface area contributed by atoms with Crippen molar-refractivity contribution < 1.29 is 57.5 Å². The van der Waals surface area contributed by atoms with Crippen LogP contribution in [0.4, 0.5) is 45.2 Å². The first-order valence-corrected chi connectivity index (χ1v) is 15.9. The molecule has 4 aromatic rings. The summed E-state index contributed by atoms with van der Waals surface area (Å²) in [5, 5.41) is 2.63. The molecule has 0 bridgehead atoms. The summed E-state index contributed by atoms with van der Waals surface area (Å²) in [4.78, 5) is 16.6. The van der Waals surface area contributed by atoms with Crippen molar-refractivity contribution >= 4 is 21.4 Å². The fourth-order valence-corrected chi connectivity index (χ4v) is 8.21. The van der Waals surface area contributed by atoms with Crippen LogP contribution >= 0.6 is 0 Å². The monoisotopic (exact) mass is 716 g/mol. The van der Waals surface area contributed by atoms with Crippen LogP contribution in [-0.2, 0) is 36.3 Å². The summed E-state index contributed by atoms with van der Waals surface area (Å²) in [5.74, 6) is -5.23. The van der Waals surface area contributed by atoms with Crippen molar-refractivity contribution in [2.45, 2.75) is 53.5 Å². The Morgan fingerprint density at radius 1 is 0.837 bits per heavy atom. The van der Waals surface area contributed by atoms with Crippen LogP contribution < -0.4 is 5.32 Å². The Morgan fingerprint density at radius 3 is 1.96 bits per heavy atom. The normalized spacial score (nSPS) is 18.8. The summed E-state index contributed by atoms with van der Waals surface area (Å²) in [6, 6.07) is 11.0. The molecule has 1 N–H and O–H groups in total. The maximum Gasteiger partial charge on any atom is 0.430 e. The fourth-order valence-electron chi connectivity index (χ4n) is 6.01. The van der Waals surface area contributed by atoms with Gasteiger partial charge in [0.15, 0.2) is 9.84 Å². The Morgan fingerprint density at radius 2 is 1.41 bits per heavy atom. The lowest BCUT2D eigenvalue weighted by atomic mass is 9.88. The number of ether oxygens (including phenoxy) is 1. The van der Waals surface area contributed by atoms with Crippen LogP contribution in [0.2, 0.25) is 0 Å². The van der Waals surface area contributed by atoms with Gasteiger partial charge >= 0.3 is 12.4 Å². The number of nitrogens with one attached hydrogen (secondary N) is 1. The van der Waals surface area contributed by atoms with E-state index in [9.17, 15) is 52.7 Å². The molecule has 0 aliphatic heterocycles. The number of sulfone groups is 1. The number of benzene rings is 3. The van der Waals surface area contributed by atoms with E-state index in [0.717, 1.165) is 42.5 Å². The van der Waals surface area contributed by atoms with Crippen molar-refractivity contribution in [3.8, 4) is 0 Å². The highest BCUT2D eigenvalue weighted by Gasteiger charge is 2.73. The first-order chi connectivity index (χ1) is 22.9. The molecule has 0 radical (unpaired) electrons. The Balaban J connectivity index is 1.59. The zero-order chi connectivity index (χ0) is 35.8. The van der Waals surface area contributed by atoms with Gasteiger partial charge in [-0.3, -0.25) is 9.78 Å². The number of pyridine rings is 1. The summed E-state index contributed by atoms with van der Waals surface area (Å²) in [6.45, 7) is -1.77. The molecule has 1 aromatic heterocycles. The summed E-state index contributed by atoms with van der Waals surface area (Å²) in [6.07, 6.45) is -10.4. The third-order valence-corrected chi connectivity index (χ3v) is 11.1. The van der Waals surface area contributed by atoms with Crippen LogP contribution in [0, 0.1) is 23.4 Å². The van der Waals surface area contributed by atoms with Crippen LogP contribution in [-0.4, -0.2) is 31.7 Å². The van der Waals surface area contributed by atoms with E-state index < -0.39 is 90.9 Å². The number of anilines is 1. The molecule has 49 heavy (non-hydrogen) atoms. The van der Waals surface area contributed by atoms with Gasteiger partial charge in [0, 0.05) is 35.1 Å². The Labute approximate surface area is 273 Å². The molecule has 0 saturated heterocycles. The van der Waals surface area contributed by atoms with E-state index in [1.54, 1.807) is 0 Å². The lowest BCUT2D eigenvalue weighted by Gasteiger charge is -2.38. The van der Waals surface area contributed by atoms with Gasteiger partial charge in [0.2, 0.25) is 5.91 Å². The maximum atomic E-state index is 14.5. The van der Waals surface area contributed by atoms with Gasteiger partial charge < -0.3 is 10.1 Å². The number of aromatic nitrogens is 1. The molecular weight excluding hydrogens is 691 g/mol. The zero-order valence-electron chi connectivity index (χ0n) is 25.0. The summed E-state index contributed by atoms with van der Waals surface area (Å²) >= 11 is 0. The average Bonchev–Trinajstić information content (AvgIpc) is 3.50. The van der Waals surface area contributed by atoms with E-state index in [4.69, 9.17) is 0 Å². The number of alkyl halides is 6. The van der Waals surface area contributed by atoms with Crippen molar-refractivity contribution in [3.05, 3.63) is 125 Å².